The quantitative estimate of drug-likeness (QED) is 0.771. The van der Waals surface area contributed by atoms with E-state index in [1.165, 1.54) is 11.1 Å². The molecule has 2 nitrogen and oxygen atoms in total. The first-order chi connectivity index (χ1) is 6.90. The van der Waals surface area contributed by atoms with Crippen molar-refractivity contribution < 1.29 is 4.74 Å². The van der Waals surface area contributed by atoms with Crippen LogP contribution in [0.2, 0.25) is 0 Å². The van der Waals surface area contributed by atoms with Crippen LogP contribution in [0.4, 0.5) is 0 Å². The number of hydrogen-bond acceptors (Lipinski definition) is 2. The van der Waals surface area contributed by atoms with Gasteiger partial charge in [0.25, 0.3) is 0 Å². The van der Waals surface area contributed by atoms with Gasteiger partial charge in [-0.1, -0.05) is 31.2 Å². The van der Waals surface area contributed by atoms with Crippen LogP contribution >= 0.6 is 0 Å². The third-order valence-electron chi connectivity index (χ3n) is 2.69. The van der Waals surface area contributed by atoms with Crippen molar-refractivity contribution in [3.63, 3.8) is 0 Å². The fourth-order valence-electron chi connectivity index (χ4n) is 1.75. The first-order valence-corrected chi connectivity index (χ1v) is 5.31. The van der Waals surface area contributed by atoms with E-state index >= 15 is 0 Å². The molecule has 2 rings (SSSR count). The number of morpholine rings is 1. The lowest BCUT2D eigenvalue weighted by atomic mass is 10.1. The monoisotopic (exact) mass is 191 g/mol. The third kappa shape index (κ3) is 2.14. The summed E-state index contributed by atoms with van der Waals surface area (Å²) in [5.74, 6) is 0. The van der Waals surface area contributed by atoms with Crippen LogP contribution in [0.1, 0.15) is 24.2 Å². The lowest BCUT2D eigenvalue weighted by molar-refractivity contribution is 0.0277. The maximum Gasteiger partial charge on any atom is 0.0949 e. The second kappa shape index (κ2) is 4.58. The average molecular weight is 191 g/mol. The van der Waals surface area contributed by atoms with Crippen molar-refractivity contribution in [3.05, 3.63) is 35.4 Å². The zero-order chi connectivity index (χ0) is 9.80. The summed E-state index contributed by atoms with van der Waals surface area (Å²) in [6.07, 6.45) is 1.35. The summed E-state index contributed by atoms with van der Waals surface area (Å²) in [5, 5.41) is 3.34. The molecular formula is C12H17NO. The summed E-state index contributed by atoms with van der Waals surface area (Å²) in [6.45, 7) is 4.91. The van der Waals surface area contributed by atoms with Gasteiger partial charge in [-0.05, 0) is 17.5 Å². The van der Waals surface area contributed by atoms with E-state index in [9.17, 15) is 0 Å². The first kappa shape index (κ1) is 9.69. The van der Waals surface area contributed by atoms with Gasteiger partial charge in [-0.2, -0.15) is 0 Å². The predicted molar refractivity (Wildman–Crippen MR) is 57.4 cm³/mol. The van der Waals surface area contributed by atoms with E-state index in [0.717, 1.165) is 26.1 Å². The molecule has 1 fully saturated rings. The topological polar surface area (TPSA) is 21.3 Å². The first-order valence-electron chi connectivity index (χ1n) is 5.31. The highest BCUT2D eigenvalue weighted by atomic mass is 16.5. The molecule has 1 aliphatic rings. The van der Waals surface area contributed by atoms with Crippen LogP contribution in [-0.4, -0.2) is 19.7 Å². The van der Waals surface area contributed by atoms with Crippen molar-refractivity contribution in [2.24, 2.45) is 0 Å². The van der Waals surface area contributed by atoms with Crippen LogP contribution in [0.3, 0.4) is 0 Å². The van der Waals surface area contributed by atoms with Crippen LogP contribution in [0.5, 0.6) is 0 Å². The van der Waals surface area contributed by atoms with Gasteiger partial charge in [-0.3, -0.25) is 0 Å². The second-order valence-electron chi connectivity index (χ2n) is 3.66. The molecule has 1 aliphatic heterocycles. The van der Waals surface area contributed by atoms with E-state index in [1.54, 1.807) is 0 Å². The Morgan fingerprint density at radius 1 is 1.36 bits per heavy atom. The second-order valence-corrected chi connectivity index (χ2v) is 3.66. The summed E-state index contributed by atoms with van der Waals surface area (Å²) < 4.78 is 5.67. The number of nitrogens with one attached hydrogen (secondary N) is 1. The van der Waals surface area contributed by atoms with Gasteiger partial charge in [-0.25, -0.2) is 0 Å². The summed E-state index contributed by atoms with van der Waals surface area (Å²) in [5.41, 5.74) is 2.67. The normalized spacial score (nSPS) is 22.2. The molecule has 14 heavy (non-hydrogen) atoms. The molecule has 0 unspecified atom stereocenters. The molecule has 1 atom stereocenters. The molecule has 2 heteroatoms. The van der Waals surface area contributed by atoms with Crippen molar-refractivity contribution in [1.82, 2.24) is 5.32 Å². The maximum absolute atomic E-state index is 5.67. The van der Waals surface area contributed by atoms with Crippen molar-refractivity contribution in [3.8, 4) is 0 Å². The minimum absolute atomic E-state index is 0.245. The Balaban J connectivity index is 2.07. The van der Waals surface area contributed by atoms with Gasteiger partial charge in [0, 0.05) is 13.1 Å². The molecule has 1 aromatic rings. The Morgan fingerprint density at radius 3 is 2.71 bits per heavy atom. The van der Waals surface area contributed by atoms with Crippen molar-refractivity contribution in [2.45, 2.75) is 19.4 Å². The van der Waals surface area contributed by atoms with Gasteiger partial charge in [0.15, 0.2) is 0 Å². The van der Waals surface area contributed by atoms with Crippen molar-refractivity contribution in [2.75, 3.05) is 19.7 Å². The van der Waals surface area contributed by atoms with Crippen LogP contribution in [0, 0.1) is 0 Å². The Bertz CT molecular complexity index is 275. The van der Waals surface area contributed by atoms with Gasteiger partial charge in [-0.15, -0.1) is 0 Å². The third-order valence-corrected chi connectivity index (χ3v) is 2.69. The standard InChI is InChI=1S/C12H17NO/c1-2-10-3-5-11(6-4-10)12-9-13-7-8-14-12/h3-6,12-13H,2,7-9H2,1H3/t12-/m0/s1. The lowest BCUT2D eigenvalue weighted by Crippen LogP contribution is -2.33. The highest BCUT2D eigenvalue weighted by molar-refractivity contribution is 5.24. The Morgan fingerprint density at radius 2 is 2.14 bits per heavy atom. The van der Waals surface area contributed by atoms with Crippen molar-refractivity contribution in [1.29, 1.82) is 0 Å². The van der Waals surface area contributed by atoms with E-state index in [-0.39, 0.29) is 6.10 Å². The zero-order valence-electron chi connectivity index (χ0n) is 8.62. The molecule has 1 N–H and O–H groups in total. The molecule has 0 bridgehead atoms. The number of ether oxygens (including phenoxy) is 1. The summed E-state index contributed by atoms with van der Waals surface area (Å²) in [6, 6.07) is 8.73. The van der Waals surface area contributed by atoms with E-state index in [4.69, 9.17) is 4.74 Å². The van der Waals surface area contributed by atoms with E-state index in [1.807, 2.05) is 0 Å². The number of benzene rings is 1. The smallest absolute Gasteiger partial charge is 0.0949 e. The molecule has 0 radical (unpaired) electrons. The predicted octanol–water partition coefficient (Wildman–Crippen LogP) is 1.91. The van der Waals surface area contributed by atoms with Gasteiger partial charge >= 0.3 is 0 Å². The SMILES string of the molecule is CCc1ccc([C@@H]2CNCCO2)cc1. The van der Waals surface area contributed by atoms with E-state index in [2.05, 4.69) is 36.5 Å². The molecule has 76 valence electrons. The molecule has 1 aromatic carbocycles. The zero-order valence-corrected chi connectivity index (χ0v) is 8.62. The highest BCUT2D eigenvalue weighted by Gasteiger charge is 2.14. The molecule has 0 aromatic heterocycles. The van der Waals surface area contributed by atoms with Gasteiger partial charge in [0.05, 0.1) is 12.7 Å². The van der Waals surface area contributed by atoms with Gasteiger partial charge in [0.2, 0.25) is 0 Å². The molecule has 0 spiro atoms. The van der Waals surface area contributed by atoms with Gasteiger partial charge in [0.1, 0.15) is 0 Å². The van der Waals surface area contributed by atoms with Gasteiger partial charge < -0.3 is 10.1 Å². The van der Waals surface area contributed by atoms with Crippen molar-refractivity contribution >= 4 is 0 Å². The van der Waals surface area contributed by atoms with E-state index < -0.39 is 0 Å². The molecular weight excluding hydrogens is 174 g/mol. The number of aryl methyl sites for hydroxylation is 1. The molecule has 0 amide bonds. The lowest BCUT2D eigenvalue weighted by Gasteiger charge is -2.24. The Labute approximate surface area is 85.3 Å². The van der Waals surface area contributed by atoms with Crippen LogP contribution in [-0.2, 0) is 11.2 Å². The summed E-state index contributed by atoms with van der Waals surface area (Å²) in [4.78, 5) is 0. The fourth-order valence-corrected chi connectivity index (χ4v) is 1.75. The van der Waals surface area contributed by atoms with Crippen LogP contribution < -0.4 is 5.32 Å². The minimum atomic E-state index is 0.245. The maximum atomic E-state index is 5.67. The summed E-state index contributed by atoms with van der Waals surface area (Å²) >= 11 is 0. The number of rotatable bonds is 2. The largest absolute Gasteiger partial charge is 0.371 e. The minimum Gasteiger partial charge on any atom is -0.371 e. The fraction of sp³-hybridized carbons (Fsp3) is 0.500. The number of hydrogen-bond donors (Lipinski definition) is 1. The highest BCUT2D eigenvalue weighted by Crippen LogP contribution is 2.19. The molecule has 1 heterocycles. The van der Waals surface area contributed by atoms with Crippen LogP contribution in [0.15, 0.2) is 24.3 Å². The Kier molecular flexibility index (Phi) is 3.17. The summed E-state index contributed by atoms with van der Waals surface area (Å²) in [7, 11) is 0. The van der Waals surface area contributed by atoms with E-state index in [0.29, 0.717) is 0 Å². The molecule has 0 aliphatic carbocycles. The average Bonchev–Trinajstić information content (AvgIpc) is 2.30. The molecule has 1 saturated heterocycles. The molecule has 0 saturated carbocycles. The van der Waals surface area contributed by atoms with Crippen LogP contribution in [0.25, 0.3) is 0 Å². The Hall–Kier alpha value is -0.860.